The Morgan fingerprint density at radius 1 is 1.19 bits per heavy atom. The van der Waals surface area contributed by atoms with Crippen LogP contribution in [0.15, 0.2) is 29.3 Å². The van der Waals surface area contributed by atoms with Crippen molar-refractivity contribution in [3.05, 3.63) is 29.8 Å². The van der Waals surface area contributed by atoms with Crippen molar-refractivity contribution < 1.29 is 14.2 Å². The van der Waals surface area contributed by atoms with Gasteiger partial charge in [0, 0.05) is 51.5 Å². The number of para-hydroxylation sites is 1. The monoisotopic (exact) mass is 429 g/mol. The Labute approximate surface area is 187 Å². The van der Waals surface area contributed by atoms with E-state index in [1.165, 1.54) is 18.4 Å². The van der Waals surface area contributed by atoms with Gasteiger partial charge in [0.2, 0.25) is 0 Å². The molecule has 172 valence electrons. The molecule has 1 aromatic carbocycles. The maximum atomic E-state index is 6.50. The Bertz CT molecular complexity index is 712. The van der Waals surface area contributed by atoms with Crippen LogP contribution in [0.5, 0.6) is 5.75 Å². The maximum Gasteiger partial charge on any atom is 0.191 e. The largest absolute Gasteiger partial charge is 0.487 e. The highest BCUT2D eigenvalue weighted by molar-refractivity contribution is 5.80. The molecule has 0 radical (unpaired) electrons. The summed E-state index contributed by atoms with van der Waals surface area (Å²) in [5, 5.41) is 7.14. The lowest BCUT2D eigenvalue weighted by molar-refractivity contribution is 0.0205. The zero-order valence-electron chi connectivity index (χ0n) is 19.0. The fourth-order valence-corrected chi connectivity index (χ4v) is 5.08. The second kappa shape index (κ2) is 11.2. The first-order valence-corrected chi connectivity index (χ1v) is 12.3. The molecule has 3 aliphatic rings. The summed E-state index contributed by atoms with van der Waals surface area (Å²) in [5.41, 5.74) is 1.23. The molecule has 1 atom stereocenters. The SMILES string of the molecule is CCNC(=NCCCOCC1CCOCC1)NC1CC2(CCCC2)Oc2ccccc21. The van der Waals surface area contributed by atoms with Gasteiger partial charge in [-0.25, -0.2) is 0 Å². The molecule has 0 amide bonds. The molecular weight excluding hydrogens is 390 g/mol. The molecule has 0 bridgehead atoms. The van der Waals surface area contributed by atoms with Crippen molar-refractivity contribution in [2.24, 2.45) is 10.9 Å². The van der Waals surface area contributed by atoms with Gasteiger partial charge in [0.1, 0.15) is 11.4 Å². The molecule has 2 fully saturated rings. The number of hydrogen-bond acceptors (Lipinski definition) is 4. The molecule has 2 N–H and O–H groups in total. The van der Waals surface area contributed by atoms with Crippen molar-refractivity contribution in [1.82, 2.24) is 10.6 Å². The number of benzene rings is 1. The van der Waals surface area contributed by atoms with Crippen LogP contribution in [0.2, 0.25) is 0 Å². The molecule has 1 spiro atoms. The lowest BCUT2D eigenvalue weighted by Gasteiger charge is -2.40. The van der Waals surface area contributed by atoms with Gasteiger partial charge in [-0.3, -0.25) is 4.99 Å². The molecule has 1 saturated heterocycles. The van der Waals surface area contributed by atoms with Crippen LogP contribution in [0.1, 0.15) is 69.9 Å². The van der Waals surface area contributed by atoms with Crippen molar-refractivity contribution >= 4 is 5.96 Å². The first-order chi connectivity index (χ1) is 15.3. The Morgan fingerprint density at radius 3 is 2.81 bits per heavy atom. The van der Waals surface area contributed by atoms with Crippen molar-refractivity contribution in [2.75, 3.05) is 39.5 Å². The van der Waals surface area contributed by atoms with E-state index in [-0.39, 0.29) is 11.6 Å². The average Bonchev–Trinajstić information content (AvgIpc) is 3.24. The fourth-order valence-electron chi connectivity index (χ4n) is 5.08. The molecule has 6 nitrogen and oxygen atoms in total. The number of nitrogens with one attached hydrogen (secondary N) is 2. The number of nitrogens with zero attached hydrogens (tertiary/aromatic N) is 1. The summed E-state index contributed by atoms with van der Waals surface area (Å²) in [6, 6.07) is 8.70. The Kier molecular flexibility index (Phi) is 8.09. The highest BCUT2D eigenvalue weighted by Gasteiger charge is 2.43. The summed E-state index contributed by atoms with van der Waals surface area (Å²) in [6.07, 6.45) is 9.02. The Hall–Kier alpha value is -1.79. The number of guanidine groups is 1. The molecule has 1 saturated carbocycles. The predicted molar refractivity (Wildman–Crippen MR) is 124 cm³/mol. The van der Waals surface area contributed by atoms with E-state index in [9.17, 15) is 0 Å². The Balaban J connectivity index is 1.30. The highest BCUT2D eigenvalue weighted by Crippen LogP contribution is 2.46. The number of rotatable bonds is 8. The van der Waals surface area contributed by atoms with Gasteiger partial charge < -0.3 is 24.8 Å². The minimum absolute atomic E-state index is 0.0126. The number of ether oxygens (including phenoxy) is 3. The van der Waals surface area contributed by atoms with E-state index in [1.54, 1.807) is 0 Å². The second-order valence-corrected chi connectivity index (χ2v) is 9.18. The van der Waals surface area contributed by atoms with Crippen LogP contribution < -0.4 is 15.4 Å². The molecule has 1 aliphatic carbocycles. The minimum atomic E-state index is -0.0126. The second-order valence-electron chi connectivity index (χ2n) is 9.18. The molecule has 2 aliphatic heterocycles. The zero-order chi connectivity index (χ0) is 21.4. The smallest absolute Gasteiger partial charge is 0.191 e. The molecule has 6 heteroatoms. The first kappa shape index (κ1) is 22.4. The summed E-state index contributed by atoms with van der Waals surface area (Å²) in [6.45, 7) is 7.11. The quantitative estimate of drug-likeness (QED) is 0.368. The van der Waals surface area contributed by atoms with Crippen LogP contribution in [-0.2, 0) is 9.47 Å². The zero-order valence-corrected chi connectivity index (χ0v) is 19.0. The van der Waals surface area contributed by atoms with E-state index in [1.807, 2.05) is 0 Å². The topological polar surface area (TPSA) is 64.1 Å². The van der Waals surface area contributed by atoms with Gasteiger partial charge in [-0.15, -0.1) is 0 Å². The van der Waals surface area contributed by atoms with Crippen LogP contribution in [0.4, 0.5) is 0 Å². The molecule has 1 unspecified atom stereocenters. The van der Waals surface area contributed by atoms with Crippen LogP contribution in [0.3, 0.4) is 0 Å². The van der Waals surface area contributed by atoms with Gasteiger partial charge in [0.25, 0.3) is 0 Å². The lowest BCUT2D eigenvalue weighted by atomic mass is 9.86. The van der Waals surface area contributed by atoms with Crippen molar-refractivity contribution in [2.45, 2.75) is 69.9 Å². The third kappa shape index (κ3) is 6.13. The number of aliphatic imine (C=N–C) groups is 1. The summed E-state index contributed by atoms with van der Waals surface area (Å²) in [7, 11) is 0. The van der Waals surface area contributed by atoms with Crippen LogP contribution in [0.25, 0.3) is 0 Å². The van der Waals surface area contributed by atoms with E-state index in [2.05, 4.69) is 41.8 Å². The first-order valence-electron chi connectivity index (χ1n) is 12.3. The highest BCUT2D eigenvalue weighted by atomic mass is 16.5. The fraction of sp³-hybridized carbons (Fsp3) is 0.720. The van der Waals surface area contributed by atoms with Crippen molar-refractivity contribution in [3.63, 3.8) is 0 Å². The number of fused-ring (bicyclic) bond motifs is 1. The van der Waals surface area contributed by atoms with Gasteiger partial charge in [-0.1, -0.05) is 18.2 Å². The van der Waals surface area contributed by atoms with Gasteiger partial charge in [0.15, 0.2) is 5.96 Å². The normalized spacial score (nSPS) is 23.4. The lowest BCUT2D eigenvalue weighted by Crippen LogP contribution is -2.46. The molecule has 4 rings (SSSR count). The van der Waals surface area contributed by atoms with Crippen LogP contribution >= 0.6 is 0 Å². The molecular formula is C25H39N3O3. The summed E-state index contributed by atoms with van der Waals surface area (Å²) < 4.78 is 17.8. The third-order valence-corrected chi connectivity index (χ3v) is 6.78. The van der Waals surface area contributed by atoms with Gasteiger partial charge in [0.05, 0.1) is 6.04 Å². The summed E-state index contributed by atoms with van der Waals surface area (Å²) >= 11 is 0. The third-order valence-electron chi connectivity index (χ3n) is 6.78. The molecule has 1 aromatic rings. The molecule has 0 aromatic heterocycles. The van der Waals surface area contributed by atoms with E-state index >= 15 is 0 Å². The summed E-state index contributed by atoms with van der Waals surface area (Å²) in [4.78, 5) is 4.83. The minimum Gasteiger partial charge on any atom is -0.487 e. The molecule has 2 heterocycles. The number of hydrogen-bond donors (Lipinski definition) is 2. The standard InChI is InChI=1S/C25H39N3O3/c1-2-26-24(27-14-7-15-30-19-20-10-16-29-17-11-20)28-22-18-25(12-5-6-13-25)31-23-9-4-3-8-21(22)23/h3-4,8-9,20,22H,2,5-7,10-19H2,1H3,(H2,26,27,28). The van der Waals surface area contributed by atoms with E-state index in [0.29, 0.717) is 5.92 Å². The van der Waals surface area contributed by atoms with E-state index in [0.717, 1.165) is 89.8 Å². The van der Waals surface area contributed by atoms with E-state index in [4.69, 9.17) is 19.2 Å². The van der Waals surface area contributed by atoms with Crippen LogP contribution in [0, 0.1) is 5.92 Å². The van der Waals surface area contributed by atoms with E-state index < -0.39 is 0 Å². The van der Waals surface area contributed by atoms with Crippen LogP contribution in [-0.4, -0.2) is 51.1 Å². The van der Waals surface area contributed by atoms with Gasteiger partial charge >= 0.3 is 0 Å². The van der Waals surface area contributed by atoms with Gasteiger partial charge in [-0.2, -0.15) is 0 Å². The Morgan fingerprint density at radius 2 is 2.00 bits per heavy atom. The average molecular weight is 430 g/mol. The maximum absolute atomic E-state index is 6.50. The van der Waals surface area contributed by atoms with Crippen molar-refractivity contribution in [3.8, 4) is 5.75 Å². The predicted octanol–water partition coefficient (Wildman–Crippen LogP) is 4.21. The molecule has 31 heavy (non-hydrogen) atoms. The van der Waals surface area contributed by atoms with Crippen molar-refractivity contribution in [1.29, 1.82) is 0 Å². The summed E-state index contributed by atoms with van der Waals surface area (Å²) in [5.74, 6) is 2.58. The van der Waals surface area contributed by atoms with Gasteiger partial charge in [-0.05, 0) is 63.9 Å².